The molecule has 148 valence electrons. The first-order valence-corrected chi connectivity index (χ1v) is 8.78. The van der Waals surface area contributed by atoms with Crippen molar-refractivity contribution in [3.05, 3.63) is 54.1 Å². The van der Waals surface area contributed by atoms with Crippen LogP contribution in [0.5, 0.6) is 5.75 Å². The summed E-state index contributed by atoms with van der Waals surface area (Å²) in [7, 11) is 0. The van der Waals surface area contributed by atoms with Gasteiger partial charge in [-0.1, -0.05) is 18.2 Å². The molecule has 1 fully saturated rings. The molecule has 0 heterocycles. The minimum absolute atomic E-state index is 0.00591. The van der Waals surface area contributed by atoms with Crippen molar-refractivity contribution in [3.63, 3.8) is 0 Å². The van der Waals surface area contributed by atoms with Crippen molar-refractivity contribution >= 4 is 23.2 Å². The summed E-state index contributed by atoms with van der Waals surface area (Å²) in [6, 6.07) is 11.2. The molecule has 2 aromatic carbocycles. The highest BCUT2D eigenvalue weighted by atomic mass is 19.4. The van der Waals surface area contributed by atoms with E-state index in [1.54, 1.807) is 24.3 Å². The maximum atomic E-state index is 12.8. The number of carbonyl (C=O) groups is 2. The number of alkyl halides is 3. The lowest BCUT2D eigenvalue weighted by molar-refractivity contribution is -0.137. The second kappa shape index (κ2) is 7.53. The monoisotopic (exact) mass is 392 g/mol. The van der Waals surface area contributed by atoms with Gasteiger partial charge in [-0.25, -0.2) is 0 Å². The van der Waals surface area contributed by atoms with E-state index < -0.39 is 29.0 Å². The smallest absolute Gasteiger partial charge is 0.416 e. The van der Waals surface area contributed by atoms with E-state index in [-0.39, 0.29) is 5.69 Å². The Hall–Kier alpha value is -3.03. The van der Waals surface area contributed by atoms with Gasteiger partial charge in [0.2, 0.25) is 11.8 Å². The fourth-order valence-electron chi connectivity index (χ4n) is 2.80. The predicted octanol–water partition coefficient (Wildman–Crippen LogP) is 4.46. The molecule has 5 nitrogen and oxygen atoms in total. The minimum atomic E-state index is -4.52. The average molecular weight is 392 g/mol. The molecule has 0 radical (unpaired) electrons. The number of anilines is 2. The van der Waals surface area contributed by atoms with Gasteiger partial charge in [-0.15, -0.1) is 0 Å². The molecular formula is C20H19F3N2O3. The van der Waals surface area contributed by atoms with Gasteiger partial charge in [0.25, 0.3) is 0 Å². The third-order valence-electron chi connectivity index (χ3n) is 4.50. The lowest BCUT2D eigenvalue weighted by atomic mass is 10.0. The van der Waals surface area contributed by atoms with Crippen molar-refractivity contribution in [3.8, 4) is 5.75 Å². The lowest BCUT2D eigenvalue weighted by Gasteiger charge is -2.17. The third kappa shape index (κ3) is 4.11. The highest BCUT2D eigenvalue weighted by Gasteiger charge is 2.56. The van der Waals surface area contributed by atoms with Crippen LogP contribution in [0.3, 0.4) is 0 Å². The van der Waals surface area contributed by atoms with E-state index in [2.05, 4.69) is 10.6 Å². The van der Waals surface area contributed by atoms with Crippen LogP contribution in [0.25, 0.3) is 0 Å². The summed E-state index contributed by atoms with van der Waals surface area (Å²) >= 11 is 0. The van der Waals surface area contributed by atoms with Gasteiger partial charge in [-0.3, -0.25) is 9.59 Å². The first-order valence-electron chi connectivity index (χ1n) is 8.78. The standard InChI is InChI=1S/C20H19F3N2O3/c1-2-28-16-9-4-3-8-15(16)25-18(27)19(10-11-19)17(26)24-14-7-5-6-13(12-14)20(21,22)23/h3-9,12H,2,10-11H2,1H3,(H,24,26)(H,25,27). The van der Waals surface area contributed by atoms with Gasteiger partial charge in [0, 0.05) is 5.69 Å². The van der Waals surface area contributed by atoms with Crippen LogP contribution in [0.15, 0.2) is 48.5 Å². The number of hydrogen-bond donors (Lipinski definition) is 2. The number of carbonyl (C=O) groups excluding carboxylic acids is 2. The fourth-order valence-corrected chi connectivity index (χ4v) is 2.80. The highest BCUT2D eigenvalue weighted by molar-refractivity contribution is 6.17. The van der Waals surface area contributed by atoms with Crippen molar-refractivity contribution in [2.45, 2.75) is 25.9 Å². The van der Waals surface area contributed by atoms with E-state index in [0.29, 0.717) is 30.9 Å². The Kier molecular flexibility index (Phi) is 5.31. The summed E-state index contributed by atoms with van der Waals surface area (Å²) in [5.41, 5.74) is -1.74. The van der Waals surface area contributed by atoms with E-state index >= 15 is 0 Å². The van der Waals surface area contributed by atoms with E-state index in [1.165, 1.54) is 12.1 Å². The van der Waals surface area contributed by atoms with Gasteiger partial charge < -0.3 is 15.4 Å². The van der Waals surface area contributed by atoms with E-state index in [4.69, 9.17) is 4.74 Å². The van der Waals surface area contributed by atoms with Crippen molar-refractivity contribution in [1.29, 1.82) is 0 Å². The van der Waals surface area contributed by atoms with Crippen LogP contribution in [0.4, 0.5) is 24.5 Å². The Morgan fingerprint density at radius 3 is 2.36 bits per heavy atom. The largest absolute Gasteiger partial charge is 0.492 e. The van der Waals surface area contributed by atoms with Gasteiger partial charge in [0.1, 0.15) is 11.2 Å². The average Bonchev–Trinajstić information content (AvgIpc) is 3.45. The molecule has 2 aromatic rings. The molecule has 0 unspecified atom stereocenters. The second-order valence-corrected chi connectivity index (χ2v) is 6.50. The van der Waals surface area contributed by atoms with E-state index in [1.807, 2.05) is 6.92 Å². The van der Waals surface area contributed by atoms with Crippen LogP contribution in [0.2, 0.25) is 0 Å². The van der Waals surface area contributed by atoms with Crippen LogP contribution in [0, 0.1) is 5.41 Å². The SMILES string of the molecule is CCOc1ccccc1NC(=O)C1(C(=O)Nc2cccc(C(F)(F)F)c2)CC1. The molecule has 2 N–H and O–H groups in total. The number of nitrogens with one attached hydrogen (secondary N) is 2. The summed E-state index contributed by atoms with van der Waals surface area (Å²) in [6.45, 7) is 2.22. The minimum Gasteiger partial charge on any atom is -0.492 e. The Morgan fingerprint density at radius 1 is 1.04 bits per heavy atom. The molecule has 0 spiro atoms. The summed E-state index contributed by atoms with van der Waals surface area (Å²) in [4.78, 5) is 25.3. The van der Waals surface area contributed by atoms with Gasteiger partial charge >= 0.3 is 6.18 Å². The number of hydrogen-bond acceptors (Lipinski definition) is 3. The predicted molar refractivity (Wildman–Crippen MR) is 98.0 cm³/mol. The highest BCUT2D eigenvalue weighted by Crippen LogP contribution is 2.48. The molecule has 2 amide bonds. The van der Waals surface area contributed by atoms with Crippen LogP contribution < -0.4 is 15.4 Å². The molecule has 1 saturated carbocycles. The Bertz CT molecular complexity index is 892. The zero-order valence-corrected chi connectivity index (χ0v) is 15.1. The number of halogens is 3. The molecule has 1 aliphatic rings. The maximum absolute atomic E-state index is 12.8. The number of benzene rings is 2. The second-order valence-electron chi connectivity index (χ2n) is 6.50. The summed E-state index contributed by atoms with van der Waals surface area (Å²) in [5, 5.41) is 5.13. The molecule has 8 heteroatoms. The summed E-state index contributed by atoms with van der Waals surface area (Å²) in [6.07, 6.45) is -3.88. The molecule has 28 heavy (non-hydrogen) atoms. The number of amides is 2. The van der Waals surface area contributed by atoms with Crippen LogP contribution in [0.1, 0.15) is 25.3 Å². The molecule has 0 aromatic heterocycles. The topological polar surface area (TPSA) is 67.4 Å². The zero-order valence-electron chi connectivity index (χ0n) is 15.1. The van der Waals surface area contributed by atoms with Crippen LogP contribution in [-0.2, 0) is 15.8 Å². The van der Waals surface area contributed by atoms with Crippen LogP contribution >= 0.6 is 0 Å². The number of rotatable bonds is 6. The van der Waals surface area contributed by atoms with E-state index in [9.17, 15) is 22.8 Å². The maximum Gasteiger partial charge on any atom is 0.416 e. The first kappa shape index (κ1) is 19.7. The fraction of sp³-hybridized carbons (Fsp3) is 0.300. The van der Waals surface area contributed by atoms with Crippen molar-refractivity contribution in [1.82, 2.24) is 0 Å². The van der Waals surface area contributed by atoms with Gasteiger partial charge in [0.15, 0.2) is 0 Å². The Labute approximate surface area is 159 Å². The van der Waals surface area contributed by atoms with E-state index in [0.717, 1.165) is 12.1 Å². The first-order chi connectivity index (χ1) is 13.3. The summed E-state index contributed by atoms with van der Waals surface area (Å²) in [5.74, 6) is -0.658. The molecule has 0 atom stereocenters. The molecule has 3 rings (SSSR count). The molecule has 1 aliphatic carbocycles. The van der Waals surface area contributed by atoms with Gasteiger partial charge in [0.05, 0.1) is 17.9 Å². The van der Waals surface area contributed by atoms with Crippen molar-refractivity contribution < 1.29 is 27.5 Å². The van der Waals surface area contributed by atoms with Crippen LogP contribution in [-0.4, -0.2) is 18.4 Å². The van der Waals surface area contributed by atoms with Gasteiger partial charge in [-0.2, -0.15) is 13.2 Å². The Morgan fingerprint density at radius 2 is 1.71 bits per heavy atom. The number of para-hydroxylation sites is 2. The normalized spacial score (nSPS) is 14.9. The zero-order chi connectivity index (χ0) is 20.4. The molecule has 0 bridgehead atoms. The van der Waals surface area contributed by atoms with Crippen molar-refractivity contribution in [2.75, 3.05) is 17.2 Å². The lowest BCUT2D eigenvalue weighted by Crippen LogP contribution is -2.35. The van der Waals surface area contributed by atoms with Crippen molar-refractivity contribution in [2.24, 2.45) is 5.41 Å². The quantitative estimate of drug-likeness (QED) is 0.714. The number of ether oxygens (including phenoxy) is 1. The molecular weight excluding hydrogens is 373 g/mol. The summed E-state index contributed by atoms with van der Waals surface area (Å²) < 4.78 is 44.0. The van der Waals surface area contributed by atoms with Gasteiger partial charge in [-0.05, 0) is 50.1 Å². The third-order valence-corrected chi connectivity index (χ3v) is 4.50. The molecule has 0 saturated heterocycles. The molecule has 0 aliphatic heterocycles. The Balaban J connectivity index is 1.73.